The Bertz CT molecular complexity index is 710. The van der Waals surface area contributed by atoms with E-state index in [0.717, 1.165) is 5.39 Å². The van der Waals surface area contributed by atoms with E-state index in [1.807, 2.05) is 0 Å². The number of esters is 1. The molecule has 1 heterocycles. The van der Waals surface area contributed by atoms with Crippen molar-refractivity contribution in [1.82, 2.24) is 9.78 Å². The summed E-state index contributed by atoms with van der Waals surface area (Å²) >= 11 is 0. The van der Waals surface area contributed by atoms with E-state index in [4.69, 9.17) is 4.74 Å². The smallest absolute Gasteiger partial charge is 0.435 e. The summed E-state index contributed by atoms with van der Waals surface area (Å²) in [6.45, 7) is 7.14. The lowest BCUT2D eigenvalue weighted by atomic mass is 10.1. The second kappa shape index (κ2) is 5.20. The van der Waals surface area contributed by atoms with Crippen LogP contribution in [0, 0.1) is 6.92 Å². The zero-order valence-corrected chi connectivity index (χ0v) is 12.8. The molecule has 21 heavy (non-hydrogen) atoms. The van der Waals surface area contributed by atoms with Crippen LogP contribution in [0.3, 0.4) is 0 Å². The highest BCUT2D eigenvalue weighted by Crippen LogP contribution is 2.21. The zero-order chi connectivity index (χ0) is 15.8. The summed E-state index contributed by atoms with van der Waals surface area (Å²) in [6, 6.07) is 4.96. The van der Waals surface area contributed by atoms with Crippen LogP contribution in [0.4, 0.5) is 4.79 Å². The molecular weight excluding hydrogens is 272 g/mol. The number of carbonyl (C=O) groups excluding carboxylic acids is 2. The van der Waals surface area contributed by atoms with Crippen molar-refractivity contribution >= 4 is 23.0 Å². The Kier molecular flexibility index (Phi) is 3.72. The first kappa shape index (κ1) is 15.0. The molecular formula is C15H18N2O4. The third-order valence-corrected chi connectivity index (χ3v) is 2.85. The molecule has 0 aliphatic carbocycles. The molecule has 2 rings (SSSR count). The average molecular weight is 290 g/mol. The molecule has 0 spiro atoms. The van der Waals surface area contributed by atoms with E-state index in [-0.39, 0.29) is 0 Å². The molecule has 0 bridgehead atoms. The second-order valence-electron chi connectivity index (χ2n) is 5.70. The monoisotopic (exact) mass is 290 g/mol. The largest absolute Gasteiger partial charge is 0.465 e. The number of methoxy groups -OCH3 is 1. The highest BCUT2D eigenvalue weighted by Gasteiger charge is 2.22. The Labute approximate surface area is 122 Å². The Hall–Kier alpha value is -2.37. The summed E-state index contributed by atoms with van der Waals surface area (Å²) in [4.78, 5) is 23.8. The van der Waals surface area contributed by atoms with Crippen LogP contribution in [0.1, 0.15) is 36.8 Å². The van der Waals surface area contributed by atoms with Gasteiger partial charge in [0, 0.05) is 5.39 Å². The fourth-order valence-corrected chi connectivity index (χ4v) is 1.96. The van der Waals surface area contributed by atoms with Gasteiger partial charge in [-0.3, -0.25) is 0 Å². The molecule has 6 heteroatoms. The van der Waals surface area contributed by atoms with Gasteiger partial charge in [-0.1, -0.05) is 6.07 Å². The summed E-state index contributed by atoms with van der Waals surface area (Å²) in [6.07, 6.45) is -0.581. The van der Waals surface area contributed by atoms with E-state index >= 15 is 0 Å². The minimum Gasteiger partial charge on any atom is -0.465 e. The number of hydrogen-bond acceptors (Lipinski definition) is 5. The van der Waals surface area contributed by atoms with Crippen LogP contribution in [-0.2, 0) is 9.47 Å². The van der Waals surface area contributed by atoms with Crippen LogP contribution >= 0.6 is 0 Å². The fourth-order valence-electron chi connectivity index (χ4n) is 1.96. The van der Waals surface area contributed by atoms with Crippen LogP contribution in [0.25, 0.3) is 10.9 Å². The van der Waals surface area contributed by atoms with E-state index < -0.39 is 17.7 Å². The van der Waals surface area contributed by atoms with Crippen molar-refractivity contribution in [3.05, 3.63) is 29.5 Å². The molecule has 0 atom stereocenters. The lowest BCUT2D eigenvalue weighted by Gasteiger charge is -2.19. The highest BCUT2D eigenvalue weighted by atomic mass is 16.6. The van der Waals surface area contributed by atoms with E-state index in [1.165, 1.54) is 11.8 Å². The van der Waals surface area contributed by atoms with E-state index in [2.05, 4.69) is 9.84 Å². The van der Waals surface area contributed by atoms with Crippen LogP contribution in [0.5, 0.6) is 0 Å². The summed E-state index contributed by atoms with van der Waals surface area (Å²) in [5.41, 5.74) is 0.940. The number of hydrogen-bond donors (Lipinski definition) is 0. The van der Waals surface area contributed by atoms with Crippen LogP contribution < -0.4 is 0 Å². The molecule has 2 aromatic rings. The maximum Gasteiger partial charge on any atom is 0.435 e. The number of nitrogens with zero attached hydrogens (tertiary/aromatic N) is 2. The van der Waals surface area contributed by atoms with Crippen LogP contribution in [0.15, 0.2) is 18.2 Å². The van der Waals surface area contributed by atoms with Gasteiger partial charge in [-0.25, -0.2) is 9.59 Å². The highest BCUT2D eigenvalue weighted by molar-refractivity contribution is 5.97. The predicted molar refractivity (Wildman–Crippen MR) is 77.4 cm³/mol. The maximum atomic E-state index is 12.2. The van der Waals surface area contributed by atoms with Crippen LogP contribution in [0.2, 0.25) is 0 Å². The summed E-state index contributed by atoms with van der Waals surface area (Å²) in [5.74, 6) is -0.466. The minimum absolute atomic E-state index is 0.356. The van der Waals surface area contributed by atoms with Gasteiger partial charge < -0.3 is 9.47 Å². The van der Waals surface area contributed by atoms with E-state index in [0.29, 0.717) is 16.8 Å². The lowest BCUT2D eigenvalue weighted by molar-refractivity contribution is 0.0520. The van der Waals surface area contributed by atoms with Crippen molar-refractivity contribution in [2.75, 3.05) is 7.11 Å². The molecule has 0 amide bonds. The van der Waals surface area contributed by atoms with Gasteiger partial charge in [0.2, 0.25) is 0 Å². The standard InChI is InChI=1S/C15H18N2O4/c1-9-11-7-6-10(13(18)20-5)8-12(11)17(16-9)14(19)21-15(2,3)4/h6-8H,1-5H3. The molecule has 0 radical (unpaired) electrons. The Morgan fingerprint density at radius 1 is 1.24 bits per heavy atom. The molecule has 0 fully saturated rings. The number of fused-ring (bicyclic) bond motifs is 1. The van der Waals surface area contributed by atoms with E-state index in [1.54, 1.807) is 45.9 Å². The van der Waals surface area contributed by atoms with E-state index in [9.17, 15) is 9.59 Å². The molecule has 112 valence electrons. The molecule has 0 unspecified atom stereocenters. The van der Waals surface area contributed by atoms with Crippen molar-refractivity contribution in [1.29, 1.82) is 0 Å². The number of benzene rings is 1. The zero-order valence-electron chi connectivity index (χ0n) is 12.8. The molecule has 0 aliphatic heterocycles. The quantitative estimate of drug-likeness (QED) is 0.755. The number of carbonyl (C=O) groups is 2. The first-order valence-corrected chi connectivity index (χ1v) is 6.54. The Morgan fingerprint density at radius 3 is 2.48 bits per heavy atom. The summed E-state index contributed by atoms with van der Waals surface area (Å²) < 4.78 is 11.2. The fraction of sp³-hybridized carbons (Fsp3) is 0.400. The third kappa shape index (κ3) is 3.04. The van der Waals surface area contributed by atoms with Crippen molar-refractivity contribution in [2.24, 2.45) is 0 Å². The SMILES string of the molecule is COC(=O)c1ccc2c(C)nn(C(=O)OC(C)(C)C)c2c1. The number of aromatic nitrogens is 2. The van der Waals surface area contributed by atoms with Crippen molar-refractivity contribution in [3.8, 4) is 0 Å². The lowest BCUT2D eigenvalue weighted by Crippen LogP contribution is -2.27. The van der Waals surface area contributed by atoms with Gasteiger partial charge in [-0.2, -0.15) is 9.78 Å². The van der Waals surface area contributed by atoms with Gasteiger partial charge in [0.15, 0.2) is 0 Å². The summed E-state index contributed by atoms with van der Waals surface area (Å²) in [5, 5.41) is 4.98. The topological polar surface area (TPSA) is 70.4 Å². The Balaban J connectivity index is 2.53. The average Bonchev–Trinajstić information content (AvgIpc) is 2.73. The van der Waals surface area contributed by atoms with Crippen LogP contribution in [-0.4, -0.2) is 34.6 Å². The normalized spacial score (nSPS) is 11.5. The van der Waals surface area contributed by atoms with Gasteiger partial charge in [-0.05, 0) is 39.8 Å². The number of aryl methyl sites for hydroxylation is 1. The van der Waals surface area contributed by atoms with Gasteiger partial charge in [0.1, 0.15) is 5.60 Å². The number of ether oxygens (including phenoxy) is 2. The van der Waals surface area contributed by atoms with Gasteiger partial charge in [0.25, 0.3) is 0 Å². The molecule has 0 aliphatic rings. The predicted octanol–water partition coefficient (Wildman–Crippen LogP) is 2.91. The van der Waals surface area contributed by atoms with Crippen molar-refractivity contribution in [3.63, 3.8) is 0 Å². The van der Waals surface area contributed by atoms with Gasteiger partial charge in [-0.15, -0.1) is 0 Å². The third-order valence-electron chi connectivity index (χ3n) is 2.85. The minimum atomic E-state index is -0.622. The molecule has 0 N–H and O–H groups in total. The van der Waals surface area contributed by atoms with Gasteiger partial charge >= 0.3 is 12.1 Å². The molecule has 6 nitrogen and oxygen atoms in total. The Morgan fingerprint density at radius 2 is 1.90 bits per heavy atom. The second-order valence-corrected chi connectivity index (χ2v) is 5.70. The van der Waals surface area contributed by atoms with Crippen molar-refractivity contribution in [2.45, 2.75) is 33.3 Å². The molecule has 0 saturated carbocycles. The maximum absolute atomic E-state index is 12.2. The molecule has 1 aromatic carbocycles. The first-order chi connectivity index (χ1) is 9.73. The summed E-state index contributed by atoms with van der Waals surface area (Å²) in [7, 11) is 1.31. The molecule has 0 saturated heterocycles. The molecule has 1 aromatic heterocycles. The van der Waals surface area contributed by atoms with Gasteiger partial charge in [0.05, 0.1) is 23.9 Å². The van der Waals surface area contributed by atoms with Crippen molar-refractivity contribution < 1.29 is 19.1 Å². The number of rotatable bonds is 1. The first-order valence-electron chi connectivity index (χ1n) is 6.54.